The average Bonchev–Trinajstić information content (AvgIpc) is 3.26. The zero-order valence-electron chi connectivity index (χ0n) is 15.9. The van der Waals surface area contributed by atoms with E-state index in [2.05, 4.69) is 25.5 Å². The van der Waals surface area contributed by atoms with Crippen molar-refractivity contribution in [2.24, 2.45) is 0 Å². The number of hydrogen-bond acceptors (Lipinski definition) is 7. The fourth-order valence-electron chi connectivity index (χ4n) is 3.56. The van der Waals surface area contributed by atoms with Gasteiger partial charge in [-0.1, -0.05) is 30.3 Å². The molecule has 1 aromatic carbocycles. The van der Waals surface area contributed by atoms with Crippen molar-refractivity contribution < 1.29 is 4.79 Å². The van der Waals surface area contributed by atoms with Crippen molar-refractivity contribution >= 4 is 11.7 Å². The number of carbonyl (C=O) groups excluding carboxylic acids is 1. The Balaban J connectivity index is 1.59. The molecule has 0 unspecified atom stereocenters. The summed E-state index contributed by atoms with van der Waals surface area (Å²) in [6.07, 6.45) is 4.31. The second kappa shape index (κ2) is 7.71. The van der Waals surface area contributed by atoms with Crippen LogP contribution in [-0.2, 0) is 24.2 Å². The maximum absolute atomic E-state index is 13.4. The minimum absolute atomic E-state index is 0.00758. The standard InChI is InChI=1S/C19H22N8O/c1-25(2)18-15-8-9-26(11-16(15)20-12-21-18)19(28)17(27-13-22-23-24-27)10-14-6-4-3-5-7-14/h3-7,12-13,17H,8-11H2,1-2H3/t17-/m0/s1. The molecule has 0 saturated carbocycles. The van der Waals surface area contributed by atoms with Crippen LogP contribution in [0.25, 0.3) is 0 Å². The molecule has 3 heterocycles. The highest BCUT2D eigenvalue weighted by molar-refractivity contribution is 5.81. The number of rotatable bonds is 5. The second-order valence-corrected chi connectivity index (χ2v) is 7.02. The number of carbonyl (C=O) groups is 1. The molecule has 2 aromatic heterocycles. The predicted molar refractivity (Wildman–Crippen MR) is 102 cm³/mol. The SMILES string of the molecule is CN(C)c1ncnc2c1CCN(C(=O)[C@H](Cc1ccccc1)n1cnnn1)C2. The monoisotopic (exact) mass is 378 g/mol. The summed E-state index contributed by atoms with van der Waals surface area (Å²) in [4.78, 5) is 26.0. The van der Waals surface area contributed by atoms with E-state index in [1.165, 1.54) is 11.0 Å². The summed E-state index contributed by atoms with van der Waals surface area (Å²) in [5.41, 5.74) is 3.07. The van der Waals surface area contributed by atoms with Gasteiger partial charge in [-0.25, -0.2) is 14.6 Å². The van der Waals surface area contributed by atoms with E-state index in [-0.39, 0.29) is 5.91 Å². The zero-order valence-corrected chi connectivity index (χ0v) is 15.9. The van der Waals surface area contributed by atoms with E-state index in [4.69, 9.17) is 0 Å². The number of nitrogens with zero attached hydrogens (tertiary/aromatic N) is 8. The van der Waals surface area contributed by atoms with Crippen LogP contribution in [0.2, 0.25) is 0 Å². The summed E-state index contributed by atoms with van der Waals surface area (Å²) < 4.78 is 1.54. The van der Waals surface area contributed by atoms with E-state index in [1.54, 1.807) is 6.33 Å². The molecule has 1 aliphatic rings. The molecule has 0 saturated heterocycles. The van der Waals surface area contributed by atoms with Crippen LogP contribution in [0.5, 0.6) is 0 Å². The van der Waals surface area contributed by atoms with Crippen molar-refractivity contribution in [3.05, 3.63) is 59.8 Å². The Hall–Kier alpha value is -3.36. The first-order valence-electron chi connectivity index (χ1n) is 9.18. The minimum atomic E-state index is -0.492. The lowest BCUT2D eigenvalue weighted by atomic mass is 10.0. The van der Waals surface area contributed by atoms with E-state index in [0.717, 1.165) is 29.1 Å². The maximum atomic E-state index is 13.4. The Morgan fingerprint density at radius 1 is 1.21 bits per heavy atom. The Labute approximate surface area is 163 Å². The zero-order chi connectivity index (χ0) is 19.5. The van der Waals surface area contributed by atoms with Crippen LogP contribution in [0.1, 0.15) is 22.9 Å². The van der Waals surface area contributed by atoms with Crippen molar-refractivity contribution in [2.45, 2.75) is 25.4 Å². The maximum Gasteiger partial charge on any atom is 0.248 e. The van der Waals surface area contributed by atoms with Crippen LogP contribution in [-0.4, -0.2) is 61.6 Å². The van der Waals surface area contributed by atoms with Crippen LogP contribution in [0.15, 0.2) is 43.0 Å². The fourth-order valence-corrected chi connectivity index (χ4v) is 3.56. The van der Waals surface area contributed by atoms with Gasteiger partial charge in [0.05, 0.1) is 12.2 Å². The van der Waals surface area contributed by atoms with Gasteiger partial charge >= 0.3 is 0 Å². The van der Waals surface area contributed by atoms with Crippen molar-refractivity contribution in [1.82, 2.24) is 35.1 Å². The number of benzene rings is 1. The molecular weight excluding hydrogens is 356 g/mol. The number of tetrazole rings is 1. The summed E-state index contributed by atoms with van der Waals surface area (Å²) in [5.74, 6) is 0.908. The minimum Gasteiger partial charge on any atom is -0.362 e. The van der Waals surface area contributed by atoms with Gasteiger partial charge in [-0.2, -0.15) is 0 Å². The molecule has 0 N–H and O–H groups in total. The molecule has 0 bridgehead atoms. The Bertz CT molecular complexity index is 942. The molecule has 3 aromatic rings. The lowest BCUT2D eigenvalue weighted by Crippen LogP contribution is -2.42. The Kier molecular flexibility index (Phi) is 4.96. The van der Waals surface area contributed by atoms with E-state index >= 15 is 0 Å². The fraction of sp³-hybridized carbons (Fsp3) is 0.368. The summed E-state index contributed by atoms with van der Waals surface area (Å²) in [5, 5.41) is 11.4. The second-order valence-electron chi connectivity index (χ2n) is 7.02. The molecule has 0 spiro atoms. The third-order valence-corrected chi connectivity index (χ3v) is 4.96. The van der Waals surface area contributed by atoms with Gasteiger partial charge in [0.2, 0.25) is 5.91 Å². The Morgan fingerprint density at radius 2 is 2.04 bits per heavy atom. The van der Waals surface area contributed by atoms with E-state index in [1.807, 2.05) is 54.2 Å². The normalized spacial score (nSPS) is 14.4. The highest BCUT2D eigenvalue weighted by Gasteiger charge is 2.31. The summed E-state index contributed by atoms with van der Waals surface area (Å²) in [6.45, 7) is 1.08. The lowest BCUT2D eigenvalue weighted by molar-refractivity contribution is -0.136. The third kappa shape index (κ3) is 3.55. The van der Waals surface area contributed by atoms with Crippen molar-refractivity contribution in [3.8, 4) is 0 Å². The van der Waals surface area contributed by atoms with E-state index < -0.39 is 6.04 Å². The van der Waals surface area contributed by atoms with Crippen LogP contribution in [0, 0.1) is 0 Å². The molecule has 4 rings (SSSR count). The van der Waals surface area contributed by atoms with Crippen molar-refractivity contribution in [2.75, 3.05) is 25.5 Å². The first-order chi connectivity index (χ1) is 13.6. The van der Waals surface area contributed by atoms with Crippen molar-refractivity contribution in [3.63, 3.8) is 0 Å². The molecule has 144 valence electrons. The third-order valence-electron chi connectivity index (χ3n) is 4.96. The van der Waals surface area contributed by atoms with Gasteiger partial charge in [-0.3, -0.25) is 4.79 Å². The molecule has 9 nitrogen and oxygen atoms in total. The van der Waals surface area contributed by atoms with Gasteiger partial charge in [0.25, 0.3) is 0 Å². The largest absolute Gasteiger partial charge is 0.362 e. The molecule has 0 aliphatic carbocycles. The van der Waals surface area contributed by atoms with E-state index in [0.29, 0.717) is 19.5 Å². The molecule has 1 atom stereocenters. The first-order valence-corrected chi connectivity index (χ1v) is 9.18. The molecule has 1 aliphatic heterocycles. The van der Waals surface area contributed by atoms with Gasteiger partial charge in [0.1, 0.15) is 24.5 Å². The summed E-state index contributed by atoms with van der Waals surface area (Å²) in [7, 11) is 3.93. The molecule has 0 fully saturated rings. The lowest BCUT2D eigenvalue weighted by Gasteiger charge is -2.32. The highest BCUT2D eigenvalue weighted by atomic mass is 16.2. The number of aromatic nitrogens is 6. The van der Waals surface area contributed by atoms with E-state index in [9.17, 15) is 4.79 Å². The number of hydrogen-bond donors (Lipinski definition) is 0. The first kappa shape index (κ1) is 18.0. The van der Waals surface area contributed by atoms with Crippen LogP contribution < -0.4 is 4.90 Å². The van der Waals surface area contributed by atoms with Gasteiger partial charge in [0, 0.05) is 32.6 Å². The van der Waals surface area contributed by atoms with Crippen LogP contribution in [0.4, 0.5) is 5.82 Å². The molecule has 0 radical (unpaired) electrons. The number of amides is 1. The topological polar surface area (TPSA) is 92.9 Å². The summed E-state index contributed by atoms with van der Waals surface area (Å²) in [6, 6.07) is 9.41. The van der Waals surface area contributed by atoms with Crippen molar-refractivity contribution in [1.29, 1.82) is 0 Å². The quantitative estimate of drug-likeness (QED) is 0.651. The highest BCUT2D eigenvalue weighted by Crippen LogP contribution is 2.26. The molecular formula is C19H22N8O. The van der Waals surface area contributed by atoms with Gasteiger partial charge in [0.15, 0.2) is 0 Å². The molecule has 1 amide bonds. The summed E-state index contributed by atoms with van der Waals surface area (Å²) >= 11 is 0. The smallest absolute Gasteiger partial charge is 0.248 e. The van der Waals surface area contributed by atoms with Gasteiger partial charge in [-0.15, -0.1) is 5.10 Å². The molecule has 9 heteroatoms. The predicted octanol–water partition coefficient (Wildman–Crippen LogP) is 0.898. The number of anilines is 1. The average molecular weight is 378 g/mol. The number of fused-ring (bicyclic) bond motifs is 1. The Morgan fingerprint density at radius 3 is 2.75 bits per heavy atom. The van der Waals surface area contributed by atoms with Gasteiger partial charge < -0.3 is 9.80 Å². The van der Waals surface area contributed by atoms with Crippen LogP contribution in [0.3, 0.4) is 0 Å². The van der Waals surface area contributed by atoms with Crippen LogP contribution >= 0.6 is 0 Å². The van der Waals surface area contributed by atoms with Gasteiger partial charge in [-0.05, 0) is 22.4 Å². The molecule has 28 heavy (non-hydrogen) atoms.